The summed E-state index contributed by atoms with van der Waals surface area (Å²) in [4.78, 5) is 0. The van der Waals surface area contributed by atoms with Crippen LogP contribution in [0.4, 0.5) is 0 Å². The number of benzene rings is 4. The molecule has 4 aromatic carbocycles. The van der Waals surface area contributed by atoms with Crippen LogP contribution in [0.5, 0.6) is 28.7 Å². The highest BCUT2D eigenvalue weighted by atomic mass is 16.7. The quantitative estimate of drug-likeness (QED) is 0.328. The van der Waals surface area contributed by atoms with E-state index in [-0.39, 0.29) is 6.79 Å². The minimum atomic E-state index is 0.130. The smallest absolute Gasteiger partial charge is 0.230 e. The molecule has 0 amide bonds. The van der Waals surface area contributed by atoms with Gasteiger partial charge >= 0.3 is 0 Å². The SMILES string of the molecule is COc1ccc(OCOc2ccc(Oc3ccccc3)cc2)cc1.c1ccccc1. The van der Waals surface area contributed by atoms with Crippen LogP contribution in [-0.4, -0.2) is 13.9 Å². The van der Waals surface area contributed by atoms with Crippen LogP contribution in [0.15, 0.2) is 115 Å². The molecule has 0 spiro atoms. The summed E-state index contributed by atoms with van der Waals surface area (Å²) in [5, 5.41) is 0. The average molecular weight is 400 g/mol. The second-order valence-corrected chi connectivity index (χ2v) is 6.12. The predicted molar refractivity (Wildman–Crippen MR) is 119 cm³/mol. The molecular weight excluding hydrogens is 376 g/mol. The van der Waals surface area contributed by atoms with E-state index >= 15 is 0 Å². The fraction of sp³-hybridized carbons (Fsp3) is 0.0769. The van der Waals surface area contributed by atoms with E-state index in [9.17, 15) is 0 Å². The van der Waals surface area contributed by atoms with Crippen molar-refractivity contribution in [3.8, 4) is 28.7 Å². The molecule has 0 N–H and O–H groups in total. The van der Waals surface area contributed by atoms with Gasteiger partial charge in [-0.25, -0.2) is 0 Å². The Kier molecular flexibility index (Phi) is 8.20. The topological polar surface area (TPSA) is 36.9 Å². The monoisotopic (exact) mass is 400 g/mol. The molecule has 0 fully saturated rings. The maximum absolute atomic E-state index is 5.73. The zero-order chi connectivity index (χ0) is 20.9. The molecule has 0 aliphatic carbocycles. The summed E-state index contributed by atoms with van der Waals surface area (Å²) in [7, 11) is 1.63. The summed E-state index contributed by atoms with van der Waals surface area (Å²) in [6, 6.07) is 36.4. The Balaban J connectivity index is 0.000000367. The maximum Gasteiger partial charge on any atom is 0.230 e. The number of ether oxygens (including phenoxy) is 4. The molecule has 0 aliphatic heterocycles. The van der Waals surface area contributed by atoms with Gasteiger partial charge in [0.1, 0.15) is 28.7 Å². The maximum atomic E-state index is 5.73. The lowest BCUT2D eigenvalue weighted by atomic mass is 10.3. The molecule has 0 saturated carbocycles. The highest BCUT2D eigenvalue weighted by molar-refractivity contribution is 5.35. The lowest BCUT2D eigenvalue weighted by Gasteiger charge is -2.10. The molecule has 0 saturated heterocycles. The van der Waals surface area contributed by atoms with Gasteiger partial charge in [-0.2, -0.15) is 0 Å². The summed E-state index contributed by atoms with van der Waals surface area (Å²) in [5.41, 5.74) is 0. The van der Waals surface area contributed by atoms with E-state index in [4.69, 9.17) is 18.9 Å². The fourth-order valence-electron chi connectivity index (χ4n) is 2.45. The van der Waals surface area contributed by atoms with Crippen LogP contribution in [0.1, 0.15) is 0 Å². The van der Waals surface area contributed by atoms with Crippen LogP contribution in [0.25, 0.3) is 0 Å². The van der Waals surface area contributed by atoms with Gasteiger partial charge in [0.2, 0.25) is 6.79 Å². The van der Waals surface area contributed by atoms with Crippen molar-refractivity contribution in [1.82, 2.24) is 0 Å². The summed E-state index contributed by atoms with van der Waals surface area (Å²) in [5.74, 6) is 3.78. The van der Waals surface area contributed by atoms with Gasteiger partial charge in [0.05, 0.1) is 7.11 Å². The van der Waals surface area contributed by atoms with Crippen LogP contribution in [0.3, 0.4) is 0 Å². The number of para-hydroxylation sites is 1. The molecule has 4 nitrogen and oxygen atoms in total. The molecule has 0 radical (unpaired) electrons. The Morgan fingerprint density at radius 1 is 0.433 bits per heavy atom. The second kappa shape index (κ2) is 11.8. The molecule has 0 heterocycles. The van der Waals surface area contributed by atoms with Crippen LogP contribution in [-0.2, 0) is 0 Å². The van der Waals surface area contributed by atoms with Crippen molar-refractivity contribution < 1.29 is 18.9 Å². The van der Waals surface area contributed by atoms with Crippen molar-refractivity contribution in [3.05, 3.63) is 115 Å². The first-order valence-corrected chi connectivity index (χ1v) is 9.56. The largest absolute Gasteiger partial charge is 0.497 e. The highest BCUT2D eigenvalue weighted by Crippen LogP contribution is 2.24. The third kappa shape index (κ3) is 7.24. The molecule has 0 unspecified atom stereocenters. The molecule has 0 aliphatic rings. The van der Waals surface area contributed by atoms with Crippen molar-refractivity contribution in [2.75, 3.05) is 13.9 Å². The lowest BCUT2D eigenvalue weighted by molar-refractivity contribution is 0.119. The number of methoxy groups -OCH3 is 1. The van der Waals surface area contributed by atoms with Gasteiger partial charge in [-0.15, -0.1) is 0 Å². The van der Waals surface area contributed by atoms with Crippen LogP contribution in [0, 0.1) is 0 Å². The first-order valence-electron chi connectivity index (χ1n) is 9.56. The van der Waals surface area contributed by atoms with E-state index in [0.717, 1.165) is 23.0 Å². The molecule has 0 atom stereocenters. The average Bonchev–Trinajstić information content (AvgIpc) is 2.83. The summed E-state index contributed by atoms with van der Waals surface area (Å²) in [6.07, 6.45) is 0. The number of hydrogen-bond acceptors (Lipinski definition) is 4. The van der Waals surface area contributed by atoms with Crippen molar-refractivity contribution >= 4 is 0 Å². The number of hydrogen-bond donors (Lipinski definition) is 0. The Labute approximate surface area is 177 Å². The van der Waals surface area contributed by atoms with Crippen LogP contribution < -0.4 is 18.9 Å². The van der Waals surface area contributed by atoms with Gasteiger partial charge in [-0.1, -0.05) is 54.6 Å². The van der Waals surface area contributed by atoms with Gasteiger partial charge in [0, 0.05) is 0 Å². The fourth-order valence-corrected chi connectivity index (χ4v) is 2.45. The van der Waals surface area contributed by atoms with E-state index in [0.29, 0.717) is 5.75 Å². The van der Waals surface area contributed by atoms with E-state index < -0.39 is 0 Å². The first-order chi connectivity index (χ1) is 14.8. The number of rotatable bonds is 7. The molecule has 152 valence electrons. The molecule has 30 heavy (non-hydrogen) atoms. The van der Waals surface area contributed by atoms with Gasteiger partial charge in [0.15, 0.2) is 0 Å². The molecule has 0 aromatic heterocycles. The van der Waals surface area contributed by atoms with Crippen molar-refractivity contribution in [2.45, 2.75) is 0 Å². The van der Waals surface area contributed by atoms with E-state index in [1.54, 1.807) is 7.11 Å². The van der Waals surface area contributed by atoms with Gasteiger partial charge in [0.25, 0.3) is 0 Å². The second-order valence-electron chi connectivity index (χ2n) is 6.12. The minimum Gasteiger partial charge on any atom is -0.497 e. The molecule has 4 heteroatoms. The Morgan fingerprint density at radius 2 is 0.800 bits per heavy atom. The summed E-state index contributed by atoms with van der Waals surface area (Å²) in [6.45, 7) is 0.130. The van der Waals surface area contributed by atoms with Crippen LogP contribution >= 0.6 is 0 Å². The molecule has 4 aromatic rings. The lowest BCUT2D eigenvalue weighted by Crippen LogP contribution is -2.05. The normalized spacial score (nSPS) is 9.63. The minimum absolute atomic E-state index is 0.130. The Morgan fingerprint density at radius 3 is 1.27 bits per heavy atom. The van der Waals surface area contributed by atoms with Gasteiger partial charge in [-0.05, 0) is 60.7 Å². The summed E-state index contributed by atoms with van der Waals surface area (Å²) >= 11 is 0. The van der Waals surface area contributed by atoms with Crippen LogP contribution in [0.2, 0.25) is 0 Å². The third-order valence-corrected chi connectivity index (χ3v) is 3.98. The zero-order valence-corrected chi connectivity index (χ0v) is 16.8. The standard InChI is InChI=1S/C20H18O4.C6H6/c1-21-16-7-9-17(10-8-16)22-15-23-18-11-13-20(14-12-18)24-19-5-3-2-4-6-19;1-2-4-6-5-3-1/h2-14H,15H2,1H3;1-6H. The van der Waals surface area contributed by atoms with Crippen molar-refractivity contribution in [1.29, 1.82) is 0 Å². The first kappa shape index (κ1) is 20.8. The third-order valence-electron chi connectivity index (χ3n) is 3.98. The van der Waals surface area contributed by atoms with E-state index in [1.165, 1.54) is 0 Å². The Bertz CT molecular complexity index is 927. The summed E-state index contributed by atoms with van der Waals surface area (Å²) < 4.78 is 21.9. The zero-order valence-electron chi connectivity index (χ0n) is 16.8. The highest BCUT2D eigenvalue weighted by Gasteiger charge is 1.99. The van der Waals surface area contributed by atoms with Crippen molar-refractivity contribution in [3.63, 3.8) is 0 Å². The molecule has 4 rings (SSSR count). The van der Waals surface area contributed by atoms with E-state index in [1.807, 2.05) is 115 Å². The predicted octanol–water partition coefficient (Wildman–Crippen LogP) is 6.59. The Hall–Kier alpha value is -3.92. The molecular formula is C26H24O4. The van der Waals surface area contributed by atoms with Gasteiger partial charge in [-0.3, -0.25) is 0 Å². The van der Waals surface area contributed by atoms with Crippen molar-refractivity contribution in [2.24, 2.45) is 0 Å². The van der Waals surface area contributed by atoms with Gasteiger partial charge < -0.3 is 18.9 Å². The molecule has 0 bridgehead atoms. The van der Waals surface area contributed by atoms with E-state index in [2.05, 4.69) is 0 Å².